The Morgan fingerprint density at radius 3 is 1.49 bits per heavy atom. The summed E-state index contributed by atoms with van der Waals surface area (Å²) in [5.41, 5.74) is 0. The third-order valence-corrected chi connectivity index (χ3v) is 6.53. The topological polar surface area (TPSA) is 77.2 Å². The highest BCUT2D eigenvalue weighted by atomic mass is 16.1. The second kappa shape index (κ2) is 29.5. The number of carbonyl (C=O) groups excluding carboxylic acids is 1. The second-order valence-corrected chi connectivity index (χ2v) is 10.2. The van der Waals surface area contributed by atoms with Gasteiger partial charge in [0.2, 0.25) is 5.91 Å². The molecule has 0 atom stereocenters. The Hall–Kier alpha value is -0.690. The highest BCUT2D eigenvalue weighted by Crippen LogP contribution is 2.10. The molecule has 0 radical (unpaired) electrons. The van der Waals surface area contributed by atoms with E-state index in [1.165, 1.54) is 77.0 Å². The summed E-state index contributed by atoms with van der Waals surface area (Å²) in [7, 11) is 0. The van der Waals surface area contributed by atoms with Crippen LogP contribution in [-0.4, -0.2) is 64.8 Å². The van der Waals surface area contributed by atoms with Crippen molar-refractivity contribution in [2.24, 2.45) is 5.92 Å². The molecule has 0 bridgehead atoms. The first-order valence-electron chi connectivity index (χ1n) is 15.3. The molecule has 0 aliphatic carbocycles. The van der Waals surface area contributed by atoms with E-state index >= 15 is 0 Å². The first-order valence-corrected chi connectivity index (χ1v) is 15.3. The average Bonchev–Trinajstić information content (AvgIpc) is 2.85. The summed E-state index contributed by atoms with van der Waals surface area (Å²) in [6.07, 6.45) is 17.9. The van der Waals surface area contributed by atoms with Gasteiger partial charge in [-0.25, -0.2) is 0 Å². The molecule has 0 aromatic carbocycles. The molecule has 0 heterocycles. The van der Waals surface area contributed by atoms with Gasteiger partial charge >= 0.3 is 0 Å². The summed E-state index contributed by atoms with van der Waals surface area (Å²) in [4.78, 5) is 11.5. The number of unbranched alkanes of at least 4 members (excludes halogenated alkanes) is 7. The van der Waals surface area contributed by atoms with Crippen LogP contribution < -0.4 is 26.6 Å². The predicted molar refractivity (Wildman–Crippen MR) is 154 cm³/mol. The lowest BCUT2D eigenvalue weighted by Crippen LogP contribution is -2.32. The van der Waals surface area contributed by atoms with Crippen molar-refractivity contribution in [3.05, 3.63) is 0 Å². The molecule has 0 aliphatic rings. The first kappa shape index (κ1) is 34.3. The minimum Gasteiger partial charge on any atom is -0.356 e. The number of amides is 1. The summed E-state index contributed by atoms with van der Waals surface area (Å²) >= 11 is 0. The lowest BCUT2D eigenvalue weighted by atomic mass is 10.00. The number of rotatable bonds is 29. The van der Waals surface area contributed by atoms with Gasteiger partial charge in [0.05, 0.1) is 0 Å². The van der Waals surface area contributed by atoms with Gasteiger partial charge < -0.3 is 26.6 Å². The average molecular weight is 498 g/mol. The normalized spacial score (nSPS) is 11.4. The summed E-state index contributed by atoms with van der Waals surface area (Å²) in [6.45, 7) is 16.5. The van der Waals surface area contributed by atoms with E-state index in [2.05, 4.69) is 47.4 Å². The van der Waals surface area contributed by atoms with E-state index in [0.717, 1.165) is 71.7 Å². The van der Waals surface area contributed by atoms with Gasteiger partial charge in [-0.3, -0.25) is 4.79 Å². The van der Waals surface area contributed by atoms with Crippen LogP contribution in [0.15, 0.2) is 0 Å². The molecule has 210 valence electrons. The van der Waals surface area contributed by atoms with Gasteiger partial charge in [-0.1, -0.05) is 52.9 Å². The highest BCUT2D eigenvalue weighted by molar-refractivity contribution is 5.75. The van der Waals surface area contributed by atoms with Crippen LogP contribution in [0.5, 0.6) is 0 Å². The lowest BCUT2D eigenvalue weighted by molar-refractivity contribution is -0.121. The summed E-state index contributed by atoms with van der Waals surface area (Å²) < 4.78 is 0. The zero-order valence-electron chi connectivity index (χ0n) is 24.0. The molecule has 0 aromatic rings. The van der Waals surface area contributed by atoms with E-state index in [1.807, 2.05) is 0 Å². The van der Waals surface area contributed by atoms with Crippen molar-refractivity contribution in [1.29, 1.82) is 0 Å². The Bertz CT molecular complexity index is 400. The van der Waals surface area contributed by atoms with E-state index in [9.17, 15) is 4.79 Å². The molecule has 0 saturated carbocycles. The molecule has 0 aromatic heterocycles. The fraction of sp³-hybridized carbons (Fsp3) is 0.966. The molecule has 0 unspecified atom stereocenters. The third-order valence-electron chi connectivity index (χ3n) is 6.53. The van der Waals surface area contributed by atoms with E-state index in [4.69, 9.17) is 0 Å². The van der Waals surface area contributed by atoms with Crippen molar-refractivity contribution in [3.8, 4) is 0 Å². The predicted octanol–water partition coefficient (Wildman–Crippen LogP) is 4.99. The molecule has 0 saturated heterocycles. The molecule has 0 rings (SSSR count). The standard InChI is InChI=1S/C29H63N5O/c1-4-7-19-30-21-13-15-23-32-26-28(27-33-24-16-14-22-31-20-8-5-2)18-11-9-10-12-25-34-29(35)17-6-3/h28,30-33H,4-27H2,1-3H3,(H,34,35). The molecule has 5 N–H and O–H groups in total. The van der Waals surface area contributed by atoms with Crippen molar-refractivity contribution < 1.29 is 4.79 Å². The summed E-state index contributed by atoms with van der Waals surface area (Å²) in [5.74, 6) is 0.919. The van der Waals surface area contributed by atoms with E-state index in [1.54, 1.807) is 0 Å². The first-order chi connectivity index (χ1) is 17.2. The molecule has 35 heavy (non-hydrogen) atoms. The van der Waals surface area contributed by atoms with Gasteiger partial charge in [0.15, 0.2) is 0 Å². The zero-order chi connectivity index (χ0) is 25.7. The summed E-state index contributed by atoms with van der Waals surface area (Å²) in [6, 6.07) is 0. The minimum atomic E-state index is 0.207. The van der Waals surface area contributed by atoms with Crippen molar-refractivity contribution in [3.63, 3.8) is 0 Å². The maximum absolute atomic E-state index is 11.5. The van der Waals surface area contributed by atoms with Crippen LogP contribution in [0.3, 0.4) is 0 Å². The number of hydrogen-bond acceptors (Lipinski definition) is 5. The van der Waals surface area contributed by atoms with Crippen LogP contribution in [-0.2, 0) is 4.79 Å². The van der Waals surface area contributed by atoms with E-state index in [0.29, 0.717) is 12.3 Å². The smallest absolute Gasteiger partial charge is 0.219 e. The SMILES string of the molecule is CCCCNCCCCNCC(CCCCCCNC(=O)CCC)CNCCCCNCCCC. The maximum Gasteiger partial charge on any atom is 0.219 e. The molecule has 0 aliphatic heterocycles. The van der Waals surface area contributed by atoms with Crippen molar-refractivity contribution in [1.82, 2.24) is 26.6 Å². The largest absolute Gasteiger partial charge is 0.356 e. The maximum atomic E-state index is 11.5. The van der Waals surface area contributed by atoms with Crippen LogP contribution in [0.4, 0.5) is 0 Å². The quantitative estimate of drug-likeness (QED) is 0.0942. The van der Waals surface area contributed by atoms with Gasteiger partial charge in [0.25, 0.3) is 0 Å². The Labute approximate surface area is 219 Å². The summed E-state index contributed by atoms with van der Waals surface area (Å²) in [5, 5.41) is 17.6. The Balaban J connectivity index is 3.92. The number of hydrogen-bond donors (Lipinski definition) is 5. The van der Waals surface area contributed by atoms with Gasteiger partial charge in [-0.05, 0) is 116 Å². The lowest BCUT2D eigenvalue weighted by Gasteiger charge is -2.19. The van der Waals surface area contributed by atoms with Crippen LogP contribution in [0.1, 0.15) is 117 Å². The molecule has 6 heteroatoms. The van der Waals surface area contributed by atoms with Crippen LogP contribution in [0.2, 0.25) is 0 Å². The fourth-order valence-electron chi connectivity index (χ4n) is 4.20. The van der Waals surface area contributed by atoms with E-state index < -0.39 is 0 Å². The van der Waals surface area contributed by atoms with Gasteiger partial charge in [-0.2, -0.15) is 0 Å². The van der Waals surface area contributed by atoms with Crippen molar-refractivity contribution >= 4 is 5.91 Å². The molecule has 0 fully saturated rings. The Kier molecular flexibility index (Phi) is 29.0. The third kappa shape index (κ3) is 27.7. The van der Waals surface area contributed by atoms with E-state index in [-0.39, 0.29) is 5.91 Å². The minimum absolute atomic E-state index is 0.207. The fourth-order valence-corrected chi connectivity index (χ4v) is 4.20. The Morgan fingerprint density at radius 2 is 0.971 bits per heavy atom. The van der Waals surface area contributed by atoms with Crippen molar-refractivity contribution in [2.45, 2.75) is 117 Å². The zero-order valence-corrected chi connectivity index (χ0v) is 24.0. The molecule has 1 amide bonds. The molecule has 6 nitrogen and oxygen atoms in total. The van der Waals surface area contributed by atoms with Gasteiger partial charge in [0, 0.05) is 13.0 Å². The van der Waals surface area contributed by atoms with Gasteiger partial charge in [0.1, 0.15) is 0 Å². The molecular weight excluding hydrogens is 434 g/mol. The van der Waals surface area contributed by atoms with Crippen LogP contribution in [0.25, 0.3) is 0 Å². The van der Waals surface area contributed by atoms with Gasteiger partial charge in [-0.15, -0.1) is 0 Å². The number of carbonyl (C=O) groups is 1. The van der Waals surface area contributed by atoms with Crippen LogP contribution >= 0.6 is 0 Å². The molecule has 0 spiro atoms. The Morgan fingerprint density at radius 1 is 0.514 bits per heavy atom. The molecular formula is C29H63N5O. The highest BCUT2D eigenvalue weighted by Gasteiger charge is 2.08. The van der Waals surface area contributed by atoms with Crippen molar-refractivity contribution in [2.75, 3.05) is 58.9 Å². The second-order valence-electron chi connectivity index (χ2n) is 10.2. The number of nitrogens with one attached hydrogen (secondary N) is 5. The monoisotopic (exact) mass is 498 g/mol. The van der Waals surface area contributed by atoms with Crippen LogP contribution in [0, 0.1) is 5.92 Å².